The van der Waals surface area contributed by atoms with Crippen LogP contribution in [0.2, 0.25) is 0 Å². The van der Waals surface area contributed by atoms with Crippen LogP contribution in [-0.2, 0) is 14.4 Å². The number of nitro groups is 2. The van der Waals surface area contributed by atoms with Gasteiger partial charge < -0.3 is 20.7 Å². The number of carbonyl (C=O) groups excluding carboxylic acids is 2. The fourth-order valence-electron chi connectivity index (χ4n) is 3.91. The number of esters is 1. The molecule has 1 aromatic carbocycles. The number of unbranched alkanes of at least 4 members (excludes halogenated alkanes) is 2. The van der Waals surface area contributed by atoms with Crippen LogP contribution in [-0.4, -0.2) is 62.0 Å². The number of carbonyl (C=O) groups is 3. The van der Waals surface area contributed by atoms with E-state index in [9.17, 15) is 34.9 Å². The summed E-state index contributed by atoms with van der Waals surface area (Å²) in [5.74, 6) is 1.13. The summed E-state index contributed by atoms with van der Waals surface area (Å²) in [6.07, 6.45) is 16.6. The Bertz CT molecular complexity index is 1110. The number of aliphatic hydroxyl groups is 1. The molecular formula is C32H49N3O10S. The van der Waals surface area contributed by atoms with Gasteiger partial charge in [-0.1, -0.05) is 63.2 Å². The van der Waals surface area contributed by atoms with E-state index in [-0.39, 0.29) is 25.0 Å². The number of nitrogens with two attached hydrogens (primary N) is 1. The van der Waals surface area contributed by atoms with Gasteiger partial charge in [0.25, 0.3) is 19.1 Å². The first-order chi connectivity index (χ1) is 21.8. The minimum Gasteiger partial charge on any atom is -0.483 e. The van der Waals surface area contributed by atoms with Gasteiger partial charge in [-0.2, -0.15) is 0 Å². The number of allylic oxidation sites excluding steroid dienone is 3. The molecule has 0 heterocycles. The molecule has 13 nitrogen and oxygen atoms in total. The molecule has 46 heavy (non-hydrogen) atoms. The minimum atomic E-state index is -1.03. The normalized spacial score (nSPS) is 14.9. The highest BCUT2D eigenvalue weighted by atomic mass is 32.1. The van der Waals surface area contributed by atoms with Gasteiger partial charge in [-0.05, 0) is 69.2 Å². The predicted octanol–water partition coefficient (Wildman–Crippen LogP) is 5.84. The van der Waals surface area contributed by atoms with Crippen molar-refractivity contribution in [1.82, 2.24) is 0 Å². The quantitative estimate of drug-likeness (QED) is 0.0277. The largest absolute Gasteiger partial charge is 0.483 e. The molecule has 0 bridgehead atoms. The maximum absolute atomic E-state index is 11.5. The van der Waals surface area contributed by atoms with Crippen LogP contribution >= 0.6 is 12.2 Å². The zero-order chi connectivity index (χ0) is 35.3. The van der Waals surface area contributed by atoms with Crippen molar-refractivity contribution in [3.63, 3.8) is 0 Å². The van der Waals surface area contributed by atoms with Crippen molar-refractivity contribution in [3.05, 3.63) is 74.4 Å². The van der Waals surface area contributed by atoms with Gasteiger partial charge in [-0.3, -0.25) is 34.6 Å². The van der Waals surface area contributed by atoms with Gasteiger partial charge in [0.1, 0.15) is 16.5 Å². The van der Waals surface area contributed by atoms with Crippen molar-refractivity contribution >= 4 is 35.4 Å². The number of thiocarbonyl (C=S) groups is 1. The van der Waals surface area contributed by atoms with Crippen LogP contribution in [0.4, 0.5) is 0 Å². The molecule has 1 aromatic rings. The maximum atomic E-state index is 11.5. The molecule has 1 aliphatic carbocycles. The molecule has 3 unspecified atom stereocenters. The fourth-order valence-corrected chi connectivity index (χ4v) is 4.05. The Hall–Kier alpha value is -4.04. The molecule has 1 aliphatic rings. The lowest BCUT2D eigenvalue weighted by molar-refractivity contribution is -0.587. The van der Waals surface area contributed by atoms with Crippen molar-refractivity contribution in [2.45, 2.75) is 104 Å². The summed E-state index contributed by atoms with van der Waals surface area (Å²) in [7, 11) is 0. The smallest absolute Gasteiger partial charge is 0.311 e. The molecule has 4 N–H and O–H groups in total. The summed E-state index contributed by atoms with van der Waals surface area (Å²) < 4.78 is 5.18. The molecular weight excluding hydrogens is 618 g/mol. The highest BCUT2D eigenvalue weighted by Crippen LogP contribution is 2.23. The number of nitrogens with zero attached hydrogens (tertiary/aromatic N) is 2. The van der Waals surface area contributed by atoms with Crippen LogP contribution in [0.3, 0.4) is 0 Å². The van der Waals surface area contributed by atoms with Crippen molar-refractivity contribution < 1.29 is 39.2 Å². The van der Waals surface area contributed by atoms with Gasteiger partial charge in [0, 0.05) is 41.1 Å². The topological polar surface area (TPSA) is 213 Å². The number of ketones is 1. The van der Waals surface area contributed by atoms with Gasteiger partial charge in [0.05, 0.1) is 6.10 Å². The highest BCUT2D eigenvalue weighted by Gasteiger charge is 2.23. The van der Waals surface area contributed by atoms with Crippen molar-refractivity contribution in [1.29, 1.82) is 0 Å². The van der Waals surface area contributed by atoms with Crippen molar-refractivity contribution in [2.75, 3.05) is 6.54 Å². The molecule has 0 amide bonds. The lowest BCUT2D eigenvalue weighted by atomic mass is 10.1. The second-order valence-electron chi connectivity index (χ2n) is 10.3. The maximum Gasteiger partial charge on any atom is 0.311 e. The van der Waals surface area contributed by atoms with Crippen LogP contribution in [0.5, 0.6) is 5.75 Å². The summed E-state index contributed by atoms with van der Waals surface area (Å²) in [6, 6.07) is 5.83. The Morgan fingerprint density at radius 1 is 1.17 bits per heavy atom. The molecule has 14 heteroatoms. The van der Waals surface area contributed by atoms with Crippen LogP contribution in [0.25, 0.3) is 0 Å². The summed E-state index contributed by atoms with van der Waals surface area (Å²) in [6.45, 7) is 4.81. The summed E-state index contributed by atoms with van der Waals surface area (Å²) in [5.41, 5.74) is 6.24. The fraction of sp³-hybridized carbons (Fsp3) is 0.562. The Balaban J connectivity index is 0. The van der Waals surface area contributed by atoms with E-state index in [1.165, 1.54) is 0 Å². The van der Waals surface area contributed by atoms with Gasteiger partial charge in [-0.25, -0.2) is 0 Å². The average molecular weight is 668 g/mol. The molecule has 0 spiro atoms. The van der Waals surface area contributed by atoms with Crippen LogP contribution in [0.15, 0.2) is 48.6 Å². The Morgan fingerprint density at radius 3 is 2.24 bits per heavy atom. The van der Waals surface area contributed by atoms with E-state index in [1.807, 2.05) is 25.2 Å². The average Bonchev–Trinajstić information content (AvgIpc) is 3.42. The second-order valence-corrected chi connectivity index (χ2v) is 10.7. The van der Waals surface area contributed by atoms with Gasteiger partial charge in [0.2, 0.25) is 0 Å². The number of benzene rings is 1. The predicted molar refractivity (Wildman–Crippen MR) is 180 cm³/mol. The molecule has 1 fully saturated rings. The first kappa shape index (κ1) is 44.1. The number of carboxylic acid groups (broad SMARTS) is 1. The molecule has 1 saturated carbocycles. The summed E-state index contributed by atoms with van der Waals surface area (Å²) >= 11 is 4.84. The van der Waals surface area contributed by atoms with Gasteiger partial charge >= 0.3 is 5.97 Å². The third kappa shape index (κ3) is 25.3. The number of Topliss-reactive ketones (excluding diaryl/α,β-unsaturated/α-hetero) is 1. The van der Waals surface area contributed by atoms with E-state index in [2.05, 4.69) is 13.0 Å². The molecule has 2 rings (SSSR count). The van der Waals surface area contributed by atoms with Crippen LogP contribution in [0, 0.1) is 26.1 Å². The Labute approximate surface area is 276 Å². The highest BCUT2D eigenvalue weighted by molar-refractivity contribution is 7.80. The van der Waals surface area contributed by atoms with Gasteiger partial charge in [-0.15, -0.1) is 0 Å². The van der Waals surface area contributed by atoms with E-state index in [4.69, 9.17) is 32.6 Å². The monoisotopic (exact) mass is 667 g/mol. The first-order valence-corrected chi connectivity index (χ1v) is 15.7. The lowest BCUT2D eigenvalue weighted by Crippen LogP contribution is -2.27. The zero-order valence-corrected chi connectivity index (χ0v) is 27.8. The molecule has 0 saturated heterocycles. The number of rotatable bonds is 16. The van der Waals surface area contributed by atoms with Crippen molar-refractivity contribution in [3.8, 4) is 5.75 Å². The van der Waals surface area contributed by atoms with E-state index in [1.54, 1.807) is 31.2 Å². The summed E-state index contributed by atoms with van der Waals surface area (Å²) in [4.78, 5) is 49.6. The molecule has 3 atom stereocenters. The van der Waals surface area contributed by atoms with E-state index < -0.39 is 22.4 Å². The number of aliphatic hydroxyl groups excluding tert-OH is 1. The molecule has 0 radical (unpaired) electrons. The number of hydrogen-bond donors (Lipinski definition) is 3. The number of ether oxygens (including phenoxy) is 1. The summed E-state index contributed by atoms with van der Waals surface area (Å²) in [5, 5.41) is 36.2. The minimum absolute atomic E-state index is 0.196. The number of hydrogen-bond acceptors (Lipinski definition) is 10. The van der Waals surface area contributed by atoms with Crippen LogP contribution in [0.1, 0.15) is 97.0 Å². The standard InChI is InChI=1S/C14H17NO2S.C13H22O2.C4H8N2O4.CH2O2/c1-2-3-4-5-6-13(16)17-12-9-7-11(8-10-12)14(15)18;1-2-3-6-12(14)7-4-5-11-8-9-13(15)10-11;1-2-4(6(9)10)3-5(7)8;2-1-3/h2-3,7-10H,4-6H2,1H3,(H2,15,18);4-5,11-12,14H,2-3,6-10H2,1H3;4H,2-3H2,1H3;1H,(H,2,3)/b3-2-;5-4+;;. The molecule has 258 valence electrons. The molecule has 0 aromatic heterocycles. The van der Waals surface area contributed by atoms with E-state index in [0.717, 1.165) is 56.9 Å². The van der Waals surface area contributed by atoms with E-state index >= 15 is 0 Å². The van der Waals surface area contributed by atoms with E-state index in [0.29, 0.717) is 35.3 Å². The van der Waals surface area contributed by atoms with Crippen LogP contribution < -0.4 is 10.5 Å². The third-order valence-electron chi connectivity index (χ3n) is 6.48. The van der Waals surface area contributed by atoms with Crippen molar-refractivity contribution in [2.24, 2.45) is 11.7 Å². The zero-order valence-electron chi connectivity index (χ0n) is 27.0. The SMILES string of the molecule is C/C=C\CCCC(=O)Oc1ccc(C(N)=S)cc1.CCC(C[N+](=O)[O-])[N+](=O)[O-].CCCCC(O)C/C=C/C1CCC(=O)C1.O=CO. The molecule has 0 aliphatic heterocycles. The first-order valence-electron chi connectivity index (χ1n) is 15.3. The Kier molecular flexibility index (Phi) is 27.3. The van der Waals surface area contributed by atoms with Gasteiger partial charge in [0.15, 0.2) is 0 Å². The third-order valence-corrected chi connectivity index (χ3v) is 6.71. The second kappa shape index (κ2) is 28.4. The lowest BCUT2D eigenvalue weighted by Gasteiger charge is -2.06. The Morgan fingerprint density at radius 2 is 1.80 bits per heavy atom.